The van der Waals surface area contributed by atoms with Gasteiger partial charge in [0.15, 0.2) is 0 Å². The normalized spacial score (nSPS) is 11.9. The molecule has 6 rings (SSSR count). The van der Waals surface area contributed by atoms with Gasteiger partial charge >= 0.3 is 0 Å². The van der Waals surface area contributed by atoms with E-state index in [0.29, 0.717) is 6.42 Å². The van der Waals surface area contributed by atoms with Crippen LogP contribution < -0.4 is 0 Å². The first kappa shape index (κ1) is 42.6. The number of fused-ring (bicyclic) bond motifs is 3. The minimum atomic E-state index is 0.627. The predicted molar refractivity (Wildman–Crippen MR) is 255 cm³/mol. The Morgan fingerprint density at radius 2 is 1.00 bits per heavy atom. The molecule has 0 N–H and O–H groups in total. The van der Waals surface area contributed by atoms with Crippen molar-refractivity contribution in [1.29, 1.82) is 0 Å². The Kier molecular flexibility index (Phi) is 17.1. The van der Waals surface area contributed by atoms with E-state index in [0.717, 1.165) is 18.4 Å². The summed E-state index contributed by atoms with van der Waals surface area (Å²) in [5.74, 6) is 2.70. The van der Waals surface area contributed by atoms with Crippen molar-refractivity contribution in [3.8, 4) is 18.0 Å². The van der Waals surface area contributed by atoms with E-state index in [2.05, 4.69) is 170 Å². The Labute approximate surface area is 344 Å². The first-order valence-corrected chi connectivity index (χ1v) is 21.6. The van der Waals surface area contributed by atoms with Gasteiger partial charge in [-0.15, -0.1) is 12.3 Å². The largest absolute Gasteiger partial charge is 0.309 e. The van der Waals surface area contributed by atoms with Crippen LogP contribution in [0.2, 0.25) is 0 Å². The van der Waals surface area contributed by atoms with E-state index in [1.54, 1.807) is 0 Å². The maximum Gasteiger partial charge on any atom is 0.0541 e. The predicted octanol–water partition coefficient (Wildman–Crippen LogP) is 16.4. The molecule has 0 fully saturated rings. The fourth-order valence-corrected chi connectivity index (χ4v) is 7.47. The van der Waals surface area contributed by atoms with Crippen molar-refractivity contribution in [3.05, 3.63) is 166 Å². The second-order valence-corrected chi connectivity index (χ2v) is 14.8. The molecule has 0 unspecified atom stereocenters. The lowest BCUT2D eigenvalue weighted by Gasteiger charge is -2.09. The van der Waals surface area contributed by atoms with E-state index in [4.69, 9.17) is 6.42 Å². The van der Waals surface area contributed by atoms with Crippen LogP contribution in [0.25, 0.3) is 57.4 Å². The van der Waals surface area contributed by atoms with Gasteiger partial charge in [0.2, 0.25) is 0 Å². The SMILES string of the molecule is C#CC/C=C(\C=C/C)c1ccc(/C=C/c2ccc(/C=C/c3ccc(-n4c5ccc(CCCCCC)cc5c5cc(CCCCCC)ccc54)cc3)cc2)cc1.CC. The quantitative estimate of drug-likeness (QED) is 0.0357. The number of terminal acetylenes is 1. The summed E-state index contributed by atoms with van der Waals surface area (Å²) in [6.07, 6.45) is 33.7. The Balaban J connectivity index is 0.00000305. The van der Waals surface area contributed by atoms with Crippen LogP contribution in [0.1, 0.15) is 131 Å². The van der Waals surface area contributed by atoms with Crippen molar-refractivity contribution in [2.24, 2.45) is 0 Å². The van der Waals surface area contributed by atoms with E-state index >= 15 is 0 Å². The third kappa shape index (κ3) is 12.0. The zero-order valence-corrected chi connectivity index (χ0v) is 35.2. The van der Waals surface area contributed by atoms with Crippen molar-refractivity contribution in [2.45, 2.75) is 105 Å². The molecule has 0 aliphatic heterocycles. The van der Waals surface area contributed by atoms with Crippen LogP contribution in [0, 0.1) is 12.3 Å². The van der Waals surface area contributed by atoms with E-state index in [1.807, 2.05) is 26.8 Å². The van der Waals surface area contributed by atoms with Gasteiger partial charge in [0, 0.05) is 22.9 Å². The average molecular weight is 750 g/mol. The van der Waals surface area contributed by atoms with Crippen LogP contribution in [-0.4, -0.2) is 4.57 Å². The van der Waals surface area contributed by atoms with E-state index in [-0.39, 0.29) is 0 Å². The smallest absolute Gasteiger partial charge is 0.0541 e. The maximum atomic E-state index is 5.47. The van der Waals surface area contributed by atoms with E-state index < -0.39 is 0 Å². The molecule has 6 aromatic rings. The molecule has 0 aliphatic rings. The third-order valence-electron chi connectivity index (χ3n) is 10.6. The molecule has 5 aromatic carbocycles. The third-order valence-corrected chi connectivity index (χ3v) is 10.6. The molecule has 0 spiro atoms. The van der Waals surface area contributed by atoms with Crippen molar-refractivity contribution < 1.29 is 0 Å². The van der Waals surface area contributed by atoms with Crippen LogP contribution in [0.5, 0.6) is 0 Å². The van der Waals surface area contributed by atoms with Gasteiger partial charge in [-0.25, -0.2) is 0 Å². The molecule has 1 aromatic heterocycles. The summed E-state index contributed by atoms with van der Waals surface area (Å²) in [7, 11) is 0. The molecule has 0 amide bonds. The number of hydrogen-bond acceptors (Lipinski definition) is 0. The summed E-state index contributed by atoms with van der Waals surface area (Å²) >= 11 is 0. The fourth-order valence-electron chi connectivity index (χ4n) is 7.47. The molecule has 0 atom stereocenters. The highest BCUT2D eigenvalue weighted by molar-refractivity contribution is 6.09. The van der Waals surface area contributed by atoms with E-state index in [1.165, 1.54) is 118 Å². The summed E-state index contributed by atoms with van der Waals surface area (Å²) in [5, 5.41) is 2.75. The lowest BCUT2D eigenvalue weighted by Crippen LogP contribution is -1.94. The number of unbranched alkanes of at least 4 members (excludes halogenated alkanes) is 6. The summed E-state index contributed by atoms with van der Waals surface area (Å²) < 4.78 is 2.46. The van der Waals surface area contributed by atoms with Crippen molar-refractivity contribution in [2.75, 3.05) is 0 Å². The van der Waals surface area contributed by atoms with Crippen LogP contribution in [0.3, 0.4) is 0 Å². The first-order valence-electron chi connectivity index (χ1n) is 21.6. The molecule has 1 heteroatoms. The molecule has 1 nitrogen and oxygen atoms in total. The molecule has 57 heavy (non-hydrogen) atoms. The van der Waals surface area contributed by atoms with Crippen LogP contribution in [0.4, 0.5) is 0 Å². The molecule has 0 bridgehead atoms. The Morgan fingerprint density at radius 3 is 1.42 bits per heavy atom. The van der Waals surface area contributed by atoms with E-state index in [9.17, 15) is 0 Å². The number of hydrogen-bond donors (Lipinski definition) is 0. The second kappa shape index (κ2) is 22.8. The van der Waals surface area contributed by atoms with Gasteiger partial charge in [-0.1, -0.05) is 182 Å². The minimum Gasteiger partial charge on any atom is -0.309 e. The highest BCUT2D eigenvalue weighted by atomic mass is 15.0. The van der Waals surface area contributed by atoms with Crippen LogP contribution in [0.15, 0.2) is 127 Å². The maximum absolute atomic E-state index is 5.47. The molecular formula is C56H63N. The minimum absolute atomic E-state index is 0.627. The van der Waals surface area contributed by atoms with Gasteiger partial charge in [-0.05, 0) is 114 Å². The molecule has 292 valence electrons. The summed E-state index contributed by atoms with van der Waals surface area (Å²) in [6, 6.07) is 40.7. The van der Waals surface area contributed by atoms with Crippen molar-refractivity contribution in [3.63, 3.8) is 0 Å². The Morgan fingerprint density at radius 1 is 0.561 bits per heavy atom. The first-order chi connectivity index (χ1) is 28.1. The zero-order chi connectivity index (χ0) is 40.2. The Hall–Kier alpha value is -5.58. The Bertz CT molecular complexity index is 2230. The molecule has 0 aliphatic carbocycles. The average Bonchev–Trinajstić information content (AvgIpc) is 3.58. The van der Waals surface area contributed by atoms with Crippen molar-refractivity contribution in [1.82, 2.24) is 4.57 Å². The molecule has 0 saturated carbocycles. The van der Waals surface area contributed by atoms with Gasteiger partial charge < -0.3 is 4.57 Å². The van der Waals surface area contributed by atoms with Gasteiger partial charge in [-0.2, -0.15) is 0 Å². The van der Waals surface area contributed by atoms with Gasteiger partial charge in [0.05, 0.1) is 11.0 Å². The molecule has 0 saturated heterocycles. The number of allylic oxidation sites excluding steroid dienone is 4. The second-order valence-electron chi connectivity index (χ2n) is 14.8. The van der Waals surface area contributed by atoms with Gasteiger partial charge in [-0.3, -0.25) is 0 Å². The number of aryl methyl sites for hydroxylation is 2. The highest BCUT2D eigenvalue weighted by Crippen LogP contribution is 2.34. The van der Waals surface area contributed by atoms with Crippen LogP contribution in [-0.2, 0) is 12.8 Å². The number of aromatic nitrogens is 1. The summed E-state index contributed by atoms with van der Waals surface area (Å²) in [6.45, 7) is 10.6. The van der Waals surface area contributed by atoms with Crippen molar-refractivity contribution >= 4 is 51.7 Å². The summed E-state index contributed by atoms with van der Waals surface area (Å²) in [5.41, 5.74) is 13.7. The standard InChI is InChI=1S/C54H57N.C2H6/c1-5-9-12-14-17-46-32-38-53-51(40-46)52-41-47(18-15-13-10-6-2)33-39-54(52)55(53)50-36-30-45(31-37-50)27-25-43-22-20-42(21-23-43)24-26-44-28-34-49(35-29-44)48(16-8-4)19-11-7-3;1-2/h3,8,16,19-41H,5-6,9-15,17-18H2,1-2,4H3;1-2H3/b16-8-,26-24+,27-25+,48-19+;. The number of benzene rings is 5. The summed E-state index contributed by atoms with van der Waals surface area (Å²) in [4.78, 5) is 0. The number of rotatable bonds is 18. The van der Waals surface area contributed by atoms with Gasteiger partial charge in [0.1, 0.15) is 0 Å². The van der Waals surface area contributed by atoms with Crippen LogP contribution >= 0.6 is 0 Å². The lowest BCUT2D eigenvalue weighted by atomic mass is 10.0. The molecule has 0 radical (unpaired) electrons. The number of nitrogens with zero attached hydrogens (tertiary/aromatic N) is 1. The lowest BCUT2D eigenvalue weighted by molar-refractivity contribution is 0.667. The molecular weight excluding hydrogens is 687 g/mol. The molecule has 1 heterocycles. The fraction of sp³-hybridized carbons (Fsp3) is 0.286. The van der Waals surface area contributed by atoms with Gasteiger partial charge in [0.25, 0.3) is 0 Å². The zero-order valence-electron chi connectivity index (χ0n) is 35.2. The topological polar surface area (TPSA) is 4.93 Å². The monoisotopic (exact) mass is 749 g/mol. The highest BCUT2D eigenvalue weighted by Gasteiger charge is 2.14.